The molecule has 0 fully saturated rings. The lowest BCUT2D eigenvalue weighted by Crippen LogP contribution is -2.07. The van der Waals surface area contributed by atoms with Crippen molar-refractivity contribution in [2.45, 2.75) is 6.54 Å². The lowest BCUT2D eigenvalue weighted by Gasteiger charge is -2.14. The molecule has 0 spiro atoms. The Morgan fingerprint density at radius 3 is 2.26 bits per heavy atom. The van der Waals surface area contributed by atoms with Crippen LogP contribution in [0.2, 0.25) is 0 Å². The van der Waals surface area contributed by atoms with Gasteiger partial charge in [0.2, 0.25) is 0 Å². The minimum Gasteiger partial charge on any atom is -0.496 e. The van der Waals surface area contributed by atoms with Crippen LogP contribution in [0.15, 0.2) is 42.5 Å². The smallest absolute Gasteiger partial charge is 0.126 e. The highest BCUT2D eigenvalue weighted by Crippen LogP contribution is 2.31. The summed E-state index contributed by atoms with van der Waals surface area (Å²) in [4.78, 5) is 2.08. The molecular weight excluding hydrogens is 236 g/mol. The van der Waals surface area contributed by atoms with E-state index in [1.54, 1.807) is 7.11 Å². The number of rotatable bonds is 4. The zero-order valence-electron chi connectivity index (χ0n) is 11.7. The molecule has 100 valence electrons. The van der Waals surface area contributed by atoms with Gasteiger partial charge in [0.05, 0.1) is 7.11 Å². The van der Waals surface area contributed by atoms with Crippen molar-refractivity contribution in [2.75, 3.05) is 26.1 Å². The van der Waals surface area contributed by atoms with E-state index in [2.05, 4.69) is 35.2 Å². The second kappa shape index (κ2) is 5.76. The highest BCUT2D eigenvalue weighted by atomic mass is 16.5. The minimum absolute atomic E-state index is 0.534. The van der Waals surface area contributed by atoms with Crippen LogP contribution >= 0.6 is 0 Å². The minimum atomic E-state index is 0.534. The van der Waals surface area contributed by atoms with Crippen LogP contribution in [0.5, 0.6) is 5.75 Å². The predicted octanol–water partition coefficient (Wildman–Crippen LogP) is 2.89. The van der Waals surface area contributed by atoms with Gasteiger partial charge in [0.15, 0.2) is 0 Å². The molecule has 0 saturated heterocycles. The zero-order valence-corrected chi connectivity index (χ0v) is 11.7. The van der Waals surface area contributed by atoms with E-state index in [0.717, 1.165) is 22.4 Å². The van der Waals surface area contributed by atoms with Gasteiger partial charge in [-0.25, -0.2) is 0 Å². The number of nitrogens with zero attached hydrogens (tertiary/aromatic N) is 1. The summed E-state index contributed by atoms with van der Waals surface area (Å²) in [5.41, 5.74) is 10.2. The molecule has 19 heavy (non-hydrogen) atoms. The molecule has 0 aliphatic heterocycles. The van der Waals surface area contributed by atoms with Crippen molar-refractivity contribution in [3.8, 4) is 16.9 Å². The number of methoxy groups -OCH3 is 1. The summed E-state index contributed by atoms with van der Waals surface area (Å²) in [5.74, 6) is 0.870. The predicted molar refractivity (Wildman–Crippen MR) is 80.6 cm³/mol. The fraction of sp³-hybridized carbons (Fsp3) is 0.250. The van der Waals surface area contributed by atoms with Crippen LogP contribution in [0, 0.1) is 0 Å². The van der Waals surface area contributed by atoms with Crippen molar-refractivity contribution in [3.05, 3.63) is 48.0 Å². The molecule has 3 heteroatoms. The van der Waals surface area contributed by atoms with Crippen LogP contribution in [-0.4, -0.2) is 21.2 Å². The maximum atomic E-state index is 5.70. The van der Waals surface area contributed by atoms with E-state index in [1.165, 1.54) is 5.69 Å². The normalized spacial score (nSPS) is 10.3. The monoisotopic (exact) mass is 256 g/mol. The van der Waals surface area contributed by atoms with Gasteiger partial charge in [-0.2, -0.15) is 0 Å². The number of hydrogen-bond acceptors (Lipinski definition) is 3. The van der Waals surface area contributed by atoms with Crippen LogP contribution in [-0.2, 0) is 6.54 Å². The second-order valence-electron chi connectivity index (χ2n) is 4.68. The summed E-state index contributed by atoms with van der Waals surface area (Å²) in [7, 11) is 5.75. The van der Waals surface area contributed by atoms with Crippen LogP contribution in [0.1, 0.15) is 5.56 Å². The molecule has 0 amide bonds. The molecule has 2 N–H and O–H groups in total. The molecule has 3 nitrogen and oxygen atoms in total. The fourth-order valence-corrected chi connectivity index (χ4v) is 2.05. The van der Waals surface area contributed by atoms with E-state index >= 15 is 0 Å². The third kappa shape index (κ3) is 2.88. The topological polar surface area (TPSA) is 38.5 Å². The van der Waals surface area contributed by atoms with Gasteiger partial charge in [-0.15, -0.1) is 0 Å². The molecule has 2 aromatic carbocycles. The highest BCUT2D eigenvalue weighted by Gasteiger charge is 2.07. The summed E-state index contributed by atoms with van der Waals surface area (Å²) in [5, 5.41) is 0. The van der Waals surface area contributed by atoms with E-state index in [9.17, 15) is 0 Å². The third-order valence-corrected chi connectivity index (χ3v) is 3.19. The van der Waals surface area contributed by atoms with Crippen LogP contribution in [0.3, 0.4) is 0 Å². The van der Waals surface area contributed by atoms with Crippen molar-refractivity contribution < 1.29 is 4.74 Å². The van der Waals surface area contributed by atoms with Gasteiger partial charge >= 0.3 is 0 Å². The van der Waals surface area contributed by atoms with Crippen molar-refractivity contribution in [1.29, 1.82) is 0 Å². The molecule has 0 saturated carbocycles. The van der Waals surface area contributed by atoms with Crippen LogP contribution < -0.4 is 15.4 Å². The Labute approximate surface area is 114 Å². The van der Waals surface area contributed by atoms with Crippen LogP contribution in [0.4, 0.5) is 5.69 Å². The fourth-order valence-electron chi connectivity index (χ4n) is 2.05. The largest absolute Gasteiger partial charge is 0.496 e. The zero-order chi connectivity index (χ0) is 13.8. The summed E-state index contributed by atoms with van der Waals surface area (Å²) in [6, 6.07) is 14.5. The van der Waals surface area contributed by atoms with Gasteiger partial charge in [-0.1, -0.05) is 18.2 Å². The maximum Gasteiger partial charge on any atom is 0.126 e. The number of nitrogens with two attached hydrogens (primary N) is 1. The average Bonchev–Trinajstić information content (AvgIpc) is 2.46. The van der Waals surface area contributed by atoms with Gasteiger partial charge in [-0.05, 0) is 35.4 Å². The molecule has 0 unspecified atom stereocenters. The Morgan fingerprint density at radius 1 is 1.05 bits per heavy atom. The molecule has 2 aromatic rings. The van der Waals surface area contributed by atoms with E-state index < -0.39 is 0 Å². The summed E-state index contributed by atoms with van der Waals surface area (Å²) >= 11 is 0. The van der Waals surface area contributed by atoms with Crippen molar-refractivity contribution in [2.24, 2.45) is 5.73 Å². The Kier molecular flexibility index (Phi) is 4.07. The molecule has 0 radical (unpaired) electrons. The summed E-state index contributed by atoms with van der Waals surface area (Å²) in [6.07, 6.45) is 0. The Hall–Kier alpha value is -2.00. The van der Waals surface area contributed by atoms with Crippen molar-refractivity contribution in [1.82, 2.24) is 0 Å². The van der Waals surface area contributed by atoms with E-state index in [1.807, 2.05) is 26.2 Å². The number of anilines is 1. The van der Waals surface area contributed by atoms with Crippen LogP contribution in [0.25, 0.3) is 11.1 Å². The van der Waals surface area contributed by atoms with Gasteiger partial charge in [0.25, 0.3) is 0 Å². The first kappa shape index (κ1) is 13.4. The van der Waals surface area contributed by atoms with E-state index in [-0.39, 0.29) is 0 Å². The number of ether oxygens (including phenoxy) is 1. The van der Waals surface area contributed by atoms with Crippen molar-refractivity contribution in [3.63, 3.8) is 0 Å². The molecular formula is C16H20N2O. The molecule has 0 aromatic heterocycles. The second-order valence-corrected chi connectivity index (χ2v) is 4.68. The van der Waals surface area contributed by atoms with Gasteiger partial charge in [-0.3, -0.25) is 0 Å². The van der Waals surface area contributed by atoms with Crippen molar-refractivity contribution >= 4 is 5.69 Å². The Bertz CT molecular complexity index is 547. The molecule has 2 rings (SSSR count). The molecule has 0 atom stereocenters. The maximum absolute atomic E-state index is 5.70. The first-order chi connectivity index (χ1) is 9.15. The average molecular weight is 256 g/mol. The summed E-state index contributed by atoms with van der Waals surface area (Å²) < 4.78 is 5.43. The quantitative estimate of drug-likeness (QED) is 0.914. The SMILES string of the molecule is COc1ccc(CN)cc1-c1ccc(N(C)C)cc1. The van der Waals surface area contributed by atoms with Gasteiger partial charge < -0.3 is 15.4 Å². The third-order valence-electron chi connectivity index (χ3n) is 3.19. The Balaban J connectivity index is 2.44. The molecule has 0 aliphatic carbocycles. The number of hydrogen-bond donors (Lipinski definition) is 1. The number of benzene rings is 2. The Morgan fingerprint density at radius 2 is 1.74 bits per heavy atom. The molecule has 0 aliphatic rings. The lowest BCUT2D eigenvalue weighted by atomic mass is 10.0. The first-order valence-corrected chi connectivity index (χ1v) is 6.30. The van der Waals surface area contributed by atoms with Gasteiger partial charge in [0, 0.05) is 31.9 Å². The van der Waals surface area contributed by atoms with Gasteiger partial charge in [0.1, 0.15) is 5.75 Å². The first-order valence-electron chi connectivity index (χ1n) is 6.30. The highest BCUT2D eigenvalue weighted by molar-refractivity contribution is 5.72. The van der Waals surface area contributed by atoms with E-state index in [0.29, 0.717) is 6.54 Å². The molecule has 0 heterocycles. The summed E-state index contributed by atoms with van der Waals surface area (Å²) in [6.45, 7) is 0.534. The van der Waals surface area contributed by atoms with E-state index in [4.69, 9.17) is 10.5 Å². The lowest BCUT2D eigenvalue weighted by molar-refractivity contribution is 0.416. The standard InChI is InChI=1S/C16H20N2O/c1-18(2)14-7-5-13(6-8-14)15-10-12(11-17)4-9-16(15)19-3/h4-10H,11,17H2,1-3H3. The molecule has 0 bridgehead atoms.